The highest BCUT2D eigenvalue weighted by Crippen LogP contribution is 2.23. The molecule has 2 atom stereocenters. The molecular weight excluding hydrogens is 729 g/mol. The SMILES string of the molecule is CCCCC(CC)COC(=O)c1ccc(Nc2nc(Nc3ccc(C(=O)OCC(=O)CO)cc3)nc(Nc3ccc(C(=O)OCC(CC)CCCC)cc3)n2)cc1. The summed E-state index contributed by atoms with van der Waals surface area (Å²) in [7, 11) is 0. The minimum Gasteiger partial charge on any atom is -0.462 e. The van der Waals surface area contributed by atoms with Crippen LogP contribution in [-0.2, 0) is 19.0 Å². The van der Waals surface area contributed by atoms with Crippen LogP contribution in [0.1, 0.15) is 110 Å². The van der Waals surface area contributed by atoms with Crippen molar-refractivity contribution < 1.29 is 38.5 Å². The molecule has 0 fully saturated rings. The van der Waals surface area contributed by atoms with E-state index in [0.717, 1.165) is 51.4 Å². The van der Waals surface area contributed by atoms with Crippen molar-refractivity contribution in [3.63, 3.8) is 0 Å². The number of nitrogens with one attached hydrogen (secondary N) is 3. The minimum atomic E-state index is -0.715. The number of nitrogens with zero attached hydrogens (tertiary/aromatic N) is 3. The Morgan fingerprint density at radius 2 is 0.877 bits per heavy atom. The minimum absolute atomic E-state index is 0.154. The first kappa shape index (κ1) is 43.8. The number of unbranched alkanes of at least 4 members (excludes halogenated alkanes) is 2. The molecule has 1 aromatic heterocycles. The van der Waals surface area contributed by atoms with Crippen molar-refractivity contribution >= 4 is 58.6 Å². The van der Waals surface area contributed by atoms with Crippen LogP contribution in [0.5, 0.6) is 0 Å². The zero-order valence-corrected chi connectivity index (χ0v) is 33.2. The number of anilines is 6. The Bertz CT molecular complexity index is 1790. The number of hydrogen-bond donors (Lipinski definition) is 4. The summed E-state index contributed by atoms with van der Waals surface area (Å²) in [6, 6.07) is 19.8. The van der Waals surface area contributed by atoms with Crippen molar-refractivity contribution in [3.05, 3.63) is 89.5 Å². The van der Waals surface area contributed by atoms with Crippen LogP contribution >= 0.6 is 0 Å². The number of hydrogen-bond acceptors (Lipinski definition) is 14. The molecular formula is C43H54N6O8. The molecule has 2 unspecified atom stereocenters. The lowest BCUT2D eigenvalue weighted by atomic mass is 10.0. The van der Waals surface area contributed by atoms with E-state index in [1.54, 1.807) is 60.7 Å². The number of carbonyl (C=O) groups is 4. The molecule has 1 heterocycles. The Balaban J connectivity index is 1.49. The zero-order chi connectivity index (χ0) is 41.0. The average molecular weight is 783 g/mol. The number of ether oxygens (including phenoxy) is 3. The van der Waals surface area contributed by atoms with Gasteiger partial charge in [-0.05, 0) is 97.5 Å². The van der Waals surface area contributed by atoms with E-state index in [9.17, 15) is 19.2 Å². The number of Topliss-reactive ketones (excluding diaryl/α,β-unsaturated/α-hetero) is 1. The maximum atomic E-state index is 12.8. The second-order valence-electron chi connectivity index (χ2n) is 13.7. The number of esters is 3. The number of carbonyl (C=O) groups excluding carboxylic acids is 4. The Morgan fingerprint density at radius 3 is 1.18 bits per heavy atom. The van der Waals surface area contributed by atoms with Crippen LogP contribution in [0, 0.1) is 11.8 Å². The molecule has 0 radical (unpaired) electrons. The standard InChI is InChI=1S/C43H54N6O8/c1-5-9-11-29(7-3)26-55-38(52)31-13-19-34(20-14-31)44-41-47-42(45-35-21-15-32(16-22-35)39(53)56-27-30(8-4)12-10-6-2)49-43(48-41)46-36-23-17-33(18-24-36)40(54)57-28-37(51)25-50/h13-24,29-30,50H,5-12,25-28H2,1-4H3,(H3,44,45,46,47,48,49). The second-order valence-corrected chi connectivity index (χ2v) is 13.7. The van der Waals surface area contributed by atoms with Crippen molar-refractivity contribution in [1.29, 1.82) is 0 Å². The monoisotopic (exact) mass is 782 g/mol. The fraction of sp³-hybridized carbons (Fsp3) is 0.419. The first-order valence-electron chi connectivity index (χ1n) is 19.7. The third-order valence-electron chi connectivity index (χ3n) is 9.29. The lowest BCUT2D eigenvalue weighted by Gasteiger charge is -2.15. The number of benzene rings is 3. The average Bonchev–Trinajstić information content (AvgIpc) is 3.23. The van der Waals surface area contributed by atoms with Crippen LogP contribution in [0.25, 0.3) is 0 Å². The first-order valence-corrected chi connectivity index (χ1v) is 19.7. The van der Waals surface area contributed by atoms with Gasteiger partial charge in [0.15, 0.2) is 12.4 Å². The topological polar surface area (TPSA) is 191 Å². The highest BCUT2D eigenvalue weighted by atomic mass is 16.5. The van der Waals surface area contributed by atoms with Crippen LogP contribution in [-0.4, -0.2) is 70.2 Å². The van der Waals surface area contributed by atoms with Crippen LogP contribution in [0.2, 0.25) is 0 Å². The molecule has 0 spiro atoms. The van der Waals surface area contributed by atoms with Gasteiger partial charge in [0.05, 0.1) is 29.9 Å². The summed E-state index contributed by atoms with van der Waals surface area (Å²) in [4.78, 5) is 62.8. The molecule has 0 saturated heterocycles. The summed E-state index contributed by atoms with van der Waals surface area (Å²) in [5.74, 6) is -0.922. The summed E-state index contributed by atoms with van der Waals surface area (Å²) in [6.45, 7) is 8.03. The van der Waals surface area contributed by atoms with Crippen molar-refractivity contribution in [2.45, 2.75) is 79.1 Å². The van der Waals surface area contributed by atoms with Gasteiger partial charge in [0, 0.05) is 17.1 Å². The van der Waals surface area contributed by atoms with Gasteiger partial charge in [-0.2, -0.15) is 15.0 Å². The van der Waals surface area contributed by atoms with E-state index in [1.807, 2.05) is 0 Å². The normalized spacial score (nSPS) is 11.9. The highest BCUT2D eigenvalue weighted by molar-refractivity contribution is 5.92. The zero-order valence-electron chi connectivity index (χ0n) is 33.2. The Hall–Kier alpha value is -5.89. The molecule has 0 aliphatic rings. The largest absolute Gasteiger partial charge is 0.462 e. The van der Waals surface area contributed by atoms with E-state index in [1.165, 1.54) is 12.1 Å². The van der Waals surface area contributed by atoms with Crippen molar-refractivity contribution in [2.24, 2.45) is 11.8 Å². The molecule has 14 nitrogen and oxygen atoms in total. The molecule has 0 aliphatic heterocycles. The van der Waals surface area contributed by atoms with E-state index < -0.39 is 25.0 Å². The lowest BCUT2D eigenvalue weighted by Crippen LogP contribution is -2.16. The predicted octanol–water partition coefficient (Wildman–Crippen LogP) is 8.57. The Morgan fingerprint density at radius 1 is 0.544 bits per heavy atom. The van der Waals surface area contributed by atoms with Crippen LogP contribution < -0.4 is 16.0 Å². The van der Waals surface area contributed by atoms with E-state index >= 15 is 0 Å². The van der Waals surface area contributed by atoms with Gasteiger partial charge in [0.2, 0.25) is 17.8 Å². The number of rotatable bonds is 24. The summed E-state index contributed by atoms with van der Waals surface area (Å²) < 4.78 is 16.1. The summed E-state index contributed by atoms with van der Waals surface area (Å²) in [5, 5.41) is 18.3. The van der Waals surface area contributed by atoms with Crippen molar-refractivity contribution in [1.82, 2.24) is 15.0 Å². The summed E-state index contributed by atoms with van der Waals surface area (Å²) in [5.41, 5.74) is 2.80. The molecule has 0 amide bonds. The van der Waals surface area contributed by atoms with Crippen molar-refractivity contribution in [2.75, 3.05) is 42.4 Å². The highest BCUT2D eigenvalue weighted by Gasteiger charge is 2.16. The molecule has 4 N–H and O–H groups in total. The molecule has 3 aromatic carbocycles. The summed E-state index contributed by atoms with van der Waals surface area (Å²) in [6.07, 6.45) is 8.34. The van der Waals surface area contributed by atoms with E-state index in [4.69, 9.17) is 19.3 Å². The van der Waals surface area contributed by atoms with Gasteiger partial charge in [-0.3, -0.25) is 4.79 Å². The lowest BCUT2D eigenvalue weighted by molar-refractivity contribution is -0.124. The number of ketones is 1. The van der Waals surface area contributed by atoms with Gasteiger partial charge in [-0.15, -0.1) is 0 Å². The van der Waals surface area contributed by atoms with Crippen LogP contribution in [0.15, 0.2) is 72.8 Å². The fourth-order valence-corrected chi connectivity index (χ4v) is 5.62. The van der Waals surface area contributed by atoms with Gasteiger partial charge < -0.3 is 35.3 Å². The summed E-state index contributed by atoms with van der Waals surface area (Å²) >= 11 is 0. The Labute approximate surface area is 334 Å². The molecule has 0 saturated carbocycles. The van der Waals surface area contributed by atoms with E-state index in [2.05, 4.69) is 58.6 Å². The third kappa shape index (κ3) is 14.6. The van der Waals surface area contributed by atoms with Gasteiger partial charge in [0.1, 0.15) is 6.61 Å². The molecule has 4 rings (SSSR count). The number of aliphatic hydroxyl groups excluding tert-OH is 1. The maximum absolute atomic E-state index is 12.8. The van der Waals surface area contributed by atoms with Gasteiger partial charge in [0.25, 0.3) is 0 Å². The van der Waals surface area contributed by atoms with E-state index in [-0.39, 0.29) is 35.3 Å². The number of aliphatic hydroxyl groups is 1. The van der Waals surface area contributed by atoms with Gasteiger partial charge in [-0.25, -0.2) is 14.4 Å². The molecule has 304 valence electrons. The second kappa shape index (κ2) is 23.2. The van der Waals surface area contributed by atoms with Gasteiger partial charge >= 0.3 is 17.9 Å². The molecule has 57 heavy (non-hydrogen) atoms. The fourth-order valence-electron chi connectivity index (χ4n) is 5.62. The van der Waals surface area contributed by atoms with Crippen LogP contribution in [0.4, 0.5) is 34.9 Å². The molecule has 4 aromatic rings. The van der Waals surface area contributed by atoms with E-state index in [0.29, 0.717) is 53.2 Å². The quantitative estimate of drug-likeness (QED) is 0.0390. The molecule has 0 aliphatic carbocycles. The predicted molar refractivity (Wildman–Crippen MR) is 219 cm³/mol. The molecule has 14 heteroatoms. The third-order valence-corrected chi connectivity index (χ3v) is 9.29. The van der Waals surface area contributed by atoms with Crippen LogP contribution in [0.3, 0.4) is 0 Å². The maximum Gasteiger partial charge on any atom is 0.338 e. The smallest absolute Gasteiger partial charge is 0.338 e. The number of aromatic nitrogens is 3. The molecule has 0 bridgehead atoms. The first-order chi connectivity index (χ1) is 27.6. The van der Waals surface area contributed by atoms with Gasteiger partial charge in [-0.1, -0.05) is 66.2 Å². The van der Waals surface area contributed by atoms with Crippen molar-refractivity contribution in [3.8, 4) is 0 Å². The Kier molecular flexibility index (Phi) is 17.9.